The predicted octanol–water partition coefficient (Wildman–Crippen LogP) is 1.69. The van der Waals surface area contributed by atoms with Crippen LogP contribution in [-0.2, 0) is 6.54 Å². The van der Waals surface area contributed by atoms with Crippen LogP contribution in [0.15, 0.2) is 16.6 Å². The van der Waals surface area contributed by atoms with Gasteiger partial charge in [-0.2, -0.15) is 5.26 Å². The zero-order chi connectivity index (χ0) is 10.7. The summed E-state index contributed by atoms with van der Waals surface area (Å²) in [5, 5.41) is 19.4. The Kier molecular flexibility index (Phi) is 3.17. The van der Waals surface area contributed by atoms with Crippen molar-refractivity contribution in [2.24, 2.45) is 5.73 Å². The van der Waals surface area contributed by atoms with Crippen LogP contribution in [0.3, 0.4) is 0 Å². The zero-order valence-corrected chi connectivity index (χ0v) is 8.61. The molecule has 5 nitrogen and oxygen atoms in total. The van der Waals surface area contributed by atoms with Crippen molar-refractivity contribution < 1.29 is 4.92 Å². The summed E-state index contributed by atoms with van der Waals surface area (Å²) in [5.74, 6) is 0. The molecule has 0 amide bonds. The highest BCUT2D eigenvalue weighted by molar-refractivity contribution is 9.10. The van der Waals surface area contributed by atoms with Gasteiger partial charge in [0.15, 0.2) is 0 Å². The third-order valence-corrected chi connectivity index (χ3v) is 2.17. The highest BCUT2D eigenvalue weighted by Crippen LogP contribution is 2.26. The molecule has 1 rings (SSSR count). The minimum absolute atomic E-state index is 0.0213. The van der Waals surface area contributed by atoms with E-state index in [1.165, 1.54) is 12.1 Å². The molecule has 0 heterocycles. The lowest BCUT2D eigenvalue weighted by Crippen LogP contribution is -2.04. The average Bonchev–Trinajstić information content (AvgIpc) is 2.16. The molecule has 6 heteroatoms. The predicted molar refractivity (Wildman–Crippen MR) is 53.4 cm³/mol. The van der Waals surface area contributed by atoms with Gasteiger partial charge in [-0.25, -0.2) is 0 Å². The van der Waals surface area contributed by atoms with Crippen molar-refractivity contribution in [3.05, 3.63) is 37.8 Å². The Hall–Kier alpha value is -1.45. The second-order valence-corrected chi connectivity index (χ2v) is 3.44. The highest BCUT2D eigenvalue weighted by Gasteiger charge is 2.17. The van der Waals surface area contributed by atoms with Crippen LogP contribution in [-0.4, -0.2) is 4.92 Å². The van der Waals surface area contributed by atoms with E-state index < -0.39 is 4.92 Å². The molecule has 0 atom stereocenters. The number of nitro groups is 1. The molecule has 0 aliphatic rings. The molecule has 0 aliphatic carbocycles. The number of nitro benzene ring substituents is 1. The normalized spacial score (nSPS) is 9.50. The van der Waals surface area contributed by atoms with Crippen LogP contribution in [0.1, 0.15) is 11.1 Å². The molecule has 0 aromatic heterocycles. The fourth-order valence-corrected chi connectivity index (χ4v) is 1.55. The Labute approximate surface area is 88.4 Å². The van der Waals surface area contributed by atoms with E-state index >= 15 is 0 Å². The van der Waals surface area contributed by atoms with Gasteiger partial charge in [-0.05, 0) is 6.07 Å². The Morgan fingerprint density at radius 1 is 1.64 bits per heavy atom. The summed E-state index contributed by atoms with van der Waals surface area (Å²) in [7, 11) is 0. The second-order valence-electron chi connectivity index (χ2n) is 2.52. The third-order valence-electron chi connectivity index (χ3n) is 1.71. The van der Waals surface area contributed by atoms with Crippen LogP contribution >= 0.6 is 15.9 Å². The fraction of sp³-hybridized carbons (Fsp3) is 0.125. The van der Waals surface area contributed by atoms with Crippen molar-refractivity contribution in [2.75, 3.05) is 0 Å². The van der Waals surface area contributed by atoms with Gasteiger partial charge in [0.25, 0.3) is 5.69 Å². The maximum absolute atomic E-state index is 10.6. The standard InChI is InChI=1S/C8H6BrN3O2/c9-6-1-5(3-10)7(4-11)8(2-6)12(13)14/h1-2H,4,11H2. The van der Waals surface area contributed by atoms with E-state index in [1.807, 2.05) is 6.07 Å². The Morgan fingerprint density at radius 3 is 2.71 bits per heavy atom. The highest BCUT2D eigenvalue weighted by atomic mass is 79.9. The molecule has 72 valence electrons. The van der Waals surface area contributed by atoms with Crippen LogP contribution in [0.5, 0.6) is 0 Å². The monoisotopic (exact) mass is 255 g/mol. The largest absolute Gasteiger partial charge is 0.326 e. The molecule has 2 N–H and O–H groups in total. The van der Waals surface area contributed by atoms with Gasteiger partial charge in [-0.15, -0.1) is 0 Å². The number of benzene rings is 1. The number of halogens is 1. The second kappa shape index (κ2) is 4.17. The quantitative estimate of drug-likeness (QED) is 0.643. The van der Waals surface area contributed by atoms with E-state index in [-0.39, 0.29) is 23.4 Å². The molecule has 0 bridgehead atoms. The fourth-order valence-electron chi connectivity index (χ4n) is 1.10. The van der Waals surface area contributed by atoms with Crippen LogP contribution in [0, 0.1) is 21.4 Å². The number of hydrogen-bond donors (Lipinski definition) is 1. The van der Waals surface area contributed by atoms with Gasteiger partial charge in [0.05, 0.1) is 22.1 Å². The van der Waals surface area contributed by atoms with Crippen molar-refractivity contribution in [3.63, 3.8) is 0 Å². The van der Waals surface area contributed by atoms with Crippen LogP contribution in [0.4, 0.5) is 5.69 Å². The smallest absolute Gasteiger partial charge is 0.276 e. The van der Waals surface area contributed by atoms with E-state index in [0.29, 0.717) is 4.47 Å². The van der Waals surface area contributed by atoms with Crippen LogP contribution in [0.2, 0.25) is 0 Å². The van der Waals surface area contributed by atoms with Crippen LogP contribution in [0.25, 0.3) is 0 Å². The van der Waals surface area contributed by atoms with E-state index in [9.17, 15) is 10.1 Å². The van der Waals surface area contributed by atoms with E-state index in [2.05, 4.69) is 15.9 Å². The molecule has 0 saturated carbocycles. The average molecular weight is 256 g/mol. The molecular weight excluding hydrogens is 250 g/mol. The summed E-state index contributed by atoms with van der Waals surface area (Å²) in [6, 6.07) is 4.71. The number of nitrogens with two attached hydrogens (primary N) is 1. The lowest BCUT2D eigenvalue weighted by molar-refractivity contribution is -0.385. The van der Waals surface area contributed by atoms with Gasteiger partial charge < -0.3 is 5.73 Å². The number of nitrogens with zero attached hydrogens (tertiary/aromatic N) is 2. The zero-order valence-electron chi connectivity index (χ0n) is 7.03. The summed E-state index contributed by atoms with van der Waals surface area (Å²) in [4.78, 5) is 10.1. The Bertz CT molecular complexity index is 425. The third kappa shape index (κ3) is 1.89. The molecule has 0 fully saturated rings. The van der Waals surface area contributed by atoms with Gasteiger partial charge in [-0.1, -0.05) is 15.9 Å². The SMILES string of the molecule is N#Cc1cc(Br)cc([N+](=O)[O-])c1CN. The first-order chi connectivity index (χ1) is 6.60. The minimum atomic E-state index is -0.548. The van der Waals surface area contributed by atoms with Gasteiger partial charge in [0.1, 0.15) is 0 Å². The van der Waals surface area contributed by atoms with Gasteiger partial charge in [0.2, 0.25) is 0 Å². The maximum Gasteiger partial charge on any atom is 0.276 e. The summed E-state index contributed by atoms with van der Waals surface area (Å²) in [5.41, 5.74) is 5.71. The van der Waals surface area contributed by atoms with E-state index in [0.717, 1.165) is 0 Å². The number of nitriles is 1. The molecule has 1 aromatic carbocycles. The van der Waals surface area contributed by atoms with Crippen LogP contribution < -0.4 is 5.73 Å². The van der Waals surface area contributed by atoms with Crippen molar-refractivity contribution in [3.8, 4) is 6.07 Å². The van der Waals surface area contributed by atoms with Crippen molar-refractivity contribution >= 4 is 21.6 Å². The first-order valence-electron chi connectivity index (χ1n) is 3.67. The molecule has 0 aliphatic heterocycles. The van der Waals surface area contributed by atoms with Gasteiger partial charge in [0, 0.05) is 17.1 Å². The summed E-state index contributed by atoms with van der Waals surface area (Å²) in [6.07, 6.45) is 0. The van der Waals surface area contributed by atoms with Crippen molar-refractivity contribution in [1.82, 2.24) is 0 Å². The molecule has 1 aromatic rings. The first-order valence-corrected chi connectivity index (χ1v) is 4.46. The number of hydrogen-bond acceptors (Lipinski definition) is 4. The molecule has 0 radical (unpaired) electrons. The van der Waals surface area contributed by atoms with Crippen molar-refractivity contribution in [2.45, 2.75) is 6.54 Å². The van der Waals surface area contributed by atoms with Gasteiger partial charge in [-0.3, -0.25) is 10.1 Å². The first kappa shape index (κ1) is 10.6. The molecule has 0 saturated heterocycles. The minimum Gasteiger partial charge on any atom is -0.326 e. The lowest BCUT2D eigenvalue weighted by Gasteiger charge is -2.02. The van der Waals surface area contributed by atoms with E-state index in [1.54, 1.807) is 0 Å². The molecule has 14 heavy (non-hydrogen) atoms. The summed E-state index contributed by atoms with van der Waals surface area (Å²) in [6.45, 7) is -0.0213. The lowest BCUT2D eigenvalue weighted by atomic mass is 10.1. The summed E-state index contributed by atoms with van der Waals surface area (Å²) < 4.78 is 0.498. The topological polar surface area (TPSA) is 92.9 Å². The molecule has 0 spiro atoms. The van der Waals surface area contributed by atoms with E-state index in [4.69, 9.17) is 11.0 Å². The van der Waals surface area contributed by atoms with Gasteiger partial charge >= 0.3 is 0 Å². The number of rotatable bonds is 2. The maximum atomic E-state index is 10.6. The Balaban J connectivity index is 3.49. The van der Waals surface area contributed by atoms with Crippen molar-refractivity contribution in [1.29, 1.82) is 5.26 Å². The Morgan fingerprint density at radius 2 is 2.29 bits per heavy atom. The molecular formula is C8H6BrN3O2. The summed E-state index contributed by atoms with van der Waals surface area (Å²) >= 11 is 3.09. The molecule has 0 unspecified atom stereocenters.